The third-order valence-corrected chi connectivity index (χ3v) is 3.83. The van der Waals surface area contributed by atoms with Crippen LogP contribution in [0.4, 0.5) is 4.39 Å². The van der Waals surface area contributed by atoms with Crippen LogP contribution in [0.2, 0.25) is 5.02 Å². The van der Waals surface area contributed by atoms with E-state index in [0.29, 0.717) is 23.0 Å². The molecule has 1 aromatic carbocycles. The minimum atomic E-state index is -0.240. The summed E-state index contributed by atoms with van der Waals surface area (Å²) in [6, 6.07) is 4.57. The molecule has 1 fully saturated rings. The summed E-state index contributed by atoms with van der Waals surface area (Å²) in [5.41, 5.74) is 0.577. The van der Waals surface area contributed by atoms with Crippen molar-refractivity contribution in [2.45, 2.75) is 38.3 Å². The summed E-state index contributed by atoms with van der Waals surface area (Å²) in [4.78, 5) is 0. The second kappa shape index (κ2) is 6.50. The van der Waals surface area contributed by atoms with Gasteiger partial charge in [0.15, 0.2) is 0 Å². The summed E-state index contributed by atoms with van der Waals surface area (Å²) >= 11 is 5.83. The summed E-state index contributed by atoms with van der Waals surface area (Å²) in [7, 11) is 0. The first-order valence-electron chi connectivity index (χ1n) is 6.49. The van der Waals surface area contributed by atoms with Crippen LogP contribution in [0.3, 0.4) is 0 Å². The summed E-state index contributed by atoms with van der Waals surface area (Å²) < 4.78 is 13.5. The van der Waals surface area contributed by atoms with Crippen molar-refractivity contribution in [3.63, 3.8) is 0 Å². The van der Waals surface area contributed by atoms with Crippen molar-refractivity contribution < 1.29 is 9.50 Å². The Labute approximate surface area is 112 Å². The molecule has 0 radical (unpaired) electrons. The molecule has 0 amide bonds. The summed E-state index contributed by atoms with van der Waals surface area (Å²) in [5.74, 6) is 0.0529. The first-order valence-corrected chi connectivity index (χ1v) is 6.87. The molecule has 1 aliphatic carbocycles. The molecule has 0 aromatic heterocycles. The van der Waals surface area contributed by atoms with Gasteiger partial charge in [-0.25, -0.2) is 4.39 Å². The Balaban J connectivity index is 1.82. The average molecular weight is 272 g/mol. The van der Waals surface area contributed by atoms with Crippen molar-refractivity contribution in [3.05, 3.63) is 34.6 Å². The Morgan fingerprint density at radius 3 is 2.89 bits per heavy atom. The van der Waals surface area contributed by atoms with Crippen LogP contribution in [0.5, 0.6) is 0 Å². The molecule has 2 N–H and O–H groups in total. The van der Waals surface area contributed by atoms with Gasteiger partial charge in [0.05, 0.1) is 6.10 Å². The van der Waals surface area contributed by atoms with E-state index < -0.39 is 0 Å². The minimum absolute atomic E-state index is 0.213. The Hall–Kier alpha value is -0.640. The second-order valence-corrected chi connectivity index (χ2v) is 5.41. The van der Waals surface area contributed by atoms with Crippen LogP contribution in [0.15, 0.2) is 18.2 Å². The molecule has 100 valence electrons. The van der Waals surface area contributed by atoms with Crippen molar-refractivity contribution in [1.29, 1.82) is 0 Å². The van der Waals surface area contributed by atoms with E-state index in [0.717, 1.165) is 25.8 Å². The van der Waals surface area contributed by atoms with E-state index in [1.54, 1.807) is 12.1 Å². The zero-order valence-corrected chi connectivity index (χ0v) is 11.1. The maximum Gasteiger partial charge on any atom is 0.127 e. The van der Waals surface area contributed by atoms with Crippen molar-refractivity contribution in [2.75, 3.05) is 6.54 Å². The maximum absolute atomic E-state index is 13.5. The Bertz CT molecular complexity index is 399. The van der Waals surface area contributed by atoms with E-state index >= 15 is 0 Å². The smallest absolute Gasteiger partial charge is 0.127 e. The SMILES string of the molecule is OC1CCCCC1CNCc1cc(Cl)ccc1F. The molecule has 2 nitrogen and oxygen atoms in total. The van der Waals surface area contributed by atoms with Gasteiger partial charge in [0.25, 0.3) is 0 Å². The molecule has 0 saturated heterocycles. The zero-order valence-electron chi connectivity index (χ0n) is 10.3. The van der Waals surface area contributed by atoms with Crippen molar-refractivity contribution in [1.82, 2.24) is 5.32 Å². The van der Waals surface area contributed by atoms with E-state index in [2.05, 4.69) is 5.32 Å². The third-order valence-electron chi connectivity index (χ3n) is 3.60. The van der Waals surface area contributed by atoms with Crippen molar-refractivity contribution in [2.24, 2.45) is 5.92 Å². The molecule has 0 aliphatic heterocycles. The predicted octanol–water partition coefficient (Wildman–Crippen LogP) is 3.12. The van der Waals surface area contributed by atoms with Gasteiger partial charge in [0.2, 0.25) is 0 Å². The Morgan fingerprint density at radius 1 is 1.33 bits per heavy atom. The topological polar surface area (TPSA) is 32.3 Å². The molecule has 0 spiro atoms. The predicted molar refractivity (Wildman–Crippen MR) is 71.1 cm³/mol. The number of rotatable bonds is 4. The van der Waals surface area contributed by atoms with Gasteiger partial charge in [0.1, 0.15) is 5.82 Å². The third kappa shape index (κ3) is 3.67. The molecule has 1 saturated carbocycles. The molecule has 18 heavy (non-hydrogen) atoms. The van der Waals surface area contributed by atoms with E-state index in [1.165, 1.54) is 12.5 Å². The number of hydrogen-bond donors (Lipinski definition) is 2. The quantitative estimate of drug-likeness (QED) is 0.882. The van der Waals surface area contributed by atoms with Gasteiger partial charge in [0, 0.05) is 23.7 Å². The van der Waals surface area contributed by atoms with Crippen LogP contribution in [0.1, 0.15) is 31.2 Å². The van der Waals surface area contributed by atoms with Gasteiger partial charge in [-0.05, 0) is 37.0 Å². The molecule has 0 heterocycles. The number of benzene rings is 1. The number of halogens is 2. The Kier molecular flexibility index (Phi) is 4.98. The Morgan fingerprint density at radius 2 is 2.11 bits per heavy atom. The van der Waals surface area contributed by atoms with Gasteiger partial charge in [-0.15, -0.1) is 0 Å². The van der Waals surface area contributed by atoms with Crippen molar-refractivity contribution in [3.8, 4) is 0 Å². The largest absolute Gasteiger partial charge is 0.393 e. The highest BCUT2D eigenvalue weighted by Gasteiger charge is 2.22. The van der Waals surface area contributed by atoms with Crippen LogP contribution in [-0.4, -0.2) is 17.8 Å². The number of hydrogen-bond acceptors (Lipinski definition) is 2. The molecule has 2 unspecified atom stereocenters. The minimum Gasteiger partial charge on any atom is -0.393 e. The molecule has 2 atom stereocenters. The lowest BCUT2D eigenvalue weighted by molar-refractivity contribution is 0.0695. The molecular formula is C14H19ClFNO. The average Bonchev–Trinajstić information content (AvgIpc) is 2.36. The van der Waals surface area contributed by atoms with Gasteiger partial charge in [-0.2, -0.15) is 0 Å². The maximum atomic E-state index is 13.5. The molecule has 1 aromatic rings. The van der Waals surface area contributed by atoms with Gasteiger partial charge in [-0.1, -0.05) is 24.4 Å². The summed E-state index contributed by atoms with van der Waals surface area (Å²) in [6.45, 7) is 1.18. The van der Waals surface area contributed by atoms with E-state index in [1.807, 2.05) is 0 Å². The first kappa shape index (κ1) is 13.8. The van der Waals surface area contributed by atoms with Gasteiger partial charge in [-0.3, -0.25) is 0 Å². The van der Waals surface area contributed by atoms with Gasteiger partial charge < -0.3 is 10.4 Å². The summed E-state index contributed by atoms with van der Waals surface area (Å²) in [5, 5.41) is 13.6. The lowest BCUT2D eigenvalue weighted by Crippen LogP contribution is -2.33. The second-order valence-electron chi connectivity index (χ2n) is 4.98. The fourth-order valence-corrected chi connectivity index (χ4v) is 2.69. The van der Waals surface area contributed by atoms with Crippen LogP contribution in [0.25, 0.3) is 0 Å². The molecule has 1 aliphatic rings. The van der Waals surface area contributed by atoms with Crippen LogP contribution >= 0.6 is 11.6 Å². The van der Waals surface area contributed by atoms with E-state index in [-0.39, 0.29) is 11.9 Å². The van der Waals surface area contributed by atoms with Gasteiger partial charge >= 0.3 is 0 Å². The molecule has 2 rings (SSSR count). The van der Waals surface area contributed by atoms with Crippen LogP contribution in [0, 0.1) is 11.7 Å². The lowest BCUT2D eigenvalue weighted by atomic mass is 9.86. The monoisotopic (exact) mass is 271 g/mol. The highest BCUT2D eigenvalue weighted by atomic mass is 35.5. The molecule has 4 heteroatoms. The molecular weight excluding hydrogens is 253 g/mol. The number of nitrogens with one attached hydrogen (secondary N) is 1. The van der Waals surface area contributed by atoms with Crippen molar-refractivity contribution >= 4 is 11.6 Å². The normalized spacial score (nSPS) is 24.2. The zero-order chi connectivity index (χ0) is 13.0. The highest BCUT2D eigenvalue weighted by molar-refractivity contribution is 6.30. The molecule has 0 bridgehead atoms. The number of aliphatic hydroxyl groups is 1. The lowest BCUT2D eigenvalue weighted by Gasteiger charge is -2.27. The summed E-state index contributed by atoms with van der Waals surface area (Å²) in [6.07, 6.45) is 4.01. The first-order chi connectivity index (χ1) is 8.66. The highest BCUT2D eigenvalue weighted by Crippen LogP contribution is 2.23. The fraction of sp³-hybridized carbons (Fsp3) is 0.571. The number of aliphatic hydroxyl groups excluding tert-OH is 1. The van der Waals surface area contributed by atoms with E-state index in [4.69, 9.17) is 11.6 Å². The fourth-order valence-electron chi connectivity index (χ4n) is 2.50. The standard InChI is InChI=1S/C14H19ClFNO/c15-12-5-6-13(16)11(7-12)9-17-8-10-3-1-2-4-14(10)18/h5-7,10,14,17-18H,1-4,8-9H2. The van der Waals surface area contributed by atoms with Crippen LogP contribution in [-0.2, 0) is 6.54 Å². The van der Waals surface area contributed by atoms with Crippen LogP contribution < -0.4 is 5.32 Å². The van der Waals surface area contributed by atoms with E-state index in [9.17, 15) is 9.50 Å².